The average Bonchev–Trinajstić information content (AvgIpc) is 3.82. The van der Waals surface area contributed by atoms with Crippen molar-refractivity contribution in [3.8, 4) is 33.4 Å². The van der Waals surface area contributed by atoms with Gasteiger partial charge in [-0.15, -0.1) is 11.3 Å². The zero-order chi connectivity index (χ0) is 36.3. The van der Waals surface area contributed by atoms with E-state index >= 15 is 0 Å². The summed E-state index contributed by atoms with van der Waals surface area (Å²) in [5.41, 5.74) is 12.3. The molecule has 0 unspecified atom stereocenters. The maximum Gasteiger partial charge on any atom is 0.135 e. The van der Waals surface area contributed by atoms with Crippen LogP contribution in [0.25, 0.3) is 86.3 Å². The normalized spacial score (nSPS) is 11.6. The molecule has 0 N–H and O–H groups in total. The van der Waals surface area contributed by atoms with E-state index in [0.717, 1.165) is 44.6 Å². The quantitative estimate of drug-likeness (QED) is 0.170. The number of hydrogen-bond donors (Lipinski definition) is 0. The lowest BCUT2D eigenvalue weighted by atomic mass is 9.95. The van der Waals surface area contributed by atoms with Crippen molar-refractivity contribution in [2.24, 2.45) is 0 Å². The smallest absolute Gasteiger partial charge is 0.135 e. The SMILES string of the molecule is c1cc(-c2cccc(N(c3ccc(-c4cccc5c4sc4ccccc45)cc3)c3ccc4oc5ccccc5c4c3)c2)cc(-c2cccc3ccccc23)c1. The zero-order valence-corrected chi connectivity index (χ0v) is 30.6. The molecule has 0 bridgehead atoms. The van der Waals surface area contributed by atoms with Crippen LogP contribution in [0.3, 0.4) is 0 Å². The summed E-state index contributed by atoms with van der Waals surface area (Å²) >= 11 is 1.87. The molecule has 2 heterocycles. The van der Waals surface area contributed by atoms with E-state index in [2.05, 4.69) is 193 Å². The van der Waals surface area contributed by atoms with Gasteiger partial charge >= 0.3 is 0 Å². The molecule has 0 spiro atoms. The second-order valence-electron chi connectivity index (χ2n) is 14.1. The third kappa shape index (κ3) is 5.40. The van der Waals surface area contributed by atoms with Gasteiger partial charge in [0.25, 0.3) is 0 Å². The van der Waals surface area contributed by atoms with Crippen molar-refractivity contribution in [3.05, 3.63) is 200 Å². The molecular weight excluding hydrogens is 687 g/mol. The number of hydrogen-bond acceptors (Lipinski definition) is 3. The van der Waals surface area contributed by atoms with Gasteiger partial charge in [0.1, 0.15) is 11.2 Å². The van der Waals surface area contributed by atoms with Crippen LogP contribution in [-0.4, -0.2) is 0 Å². The average molecular weight is 720 g/mol. The Morgan fingerprint density at radius 3 is 1.87 bits per heavy atom. The van der Waals surface area contributed by atoms with Crippen molar-refractivity contribution in [3.63, 3.8) is 0 Å². The van der Waals surface area contributed by atoms with Gasteiger partial charge in [-0.05, 0) is 105 Å². The first-order valence-corrected chi connectivity index (χ1v) is 19.5. The molecule has 11 rings (SSSR count). The lowest BCUT2D eigenvalue weighted by Crippen LogP contribution is -2.10. The highest BCUT2D eigenvalue weighted by molar-refractivity contribution is 7.26. The summed E-state index contributed by atoms with van der Waals surface area (Å²) in [6, 6.07) is 72.3. The van der Waals surface area contributed by atoms with E-state index in [9.17, 15) is 0 Å². The van der Waals surface area contributed by atoms with Gasteiger partial charge in [-0.1, -0.05) is 140 Å². The Labute approximate surface area is 322 Å². The van der Waals surface area contributed by atoms with E-state index in [0.29, 0.717) is 0 Å². The van der Waals surface area contributed by atoms with Gasteiger partial charge in [-0.3, -0.25) is 0 Å². The highest BCUT2D eigenvalue weighted by Crippen LogP contribution is 2.43. The molecule has 0 amide bonds. The number of fused-ring (bicyclic) bond motifs is 7. The number of benzene rings is 9. The van der Waals surface area contributed by atoms with Crippen molar-refractivity contribution in [1.82, 2.24) is 0 Å². The molecule has 0 fully saturated rings. The Balaban J connectivity index is 1.04. The van der Waals surface area contributed by atoms with Crippen LogP contribution in [0.5, 0.6) is 0 Å². The predicted molar refractivity (Wildman–Crippen MR) is 235 cm³/mol. The minimum absolute atomic E-state index is 0.885. The van der Waals surface area contributed by atoms with Gasteiger partial charge in [0.05, 0.1) is 0 Å². The minimum Gasteiger partial charge on any atom is -0.456 e. The van der Waals surface area contributed by atoms with Crippen LogP contribution >= 0.6 is 11.3 Å². The number of nitrogens with zero attached hydrogens (tertiary/aromatic N) is 1. The lowest BCUT2D eigenvalue weighted by Gasteiger charge is -2.26. The standard InChI is InChI=1S/C52H33NOS/c1-2-17-42-34(11-1)12-9-20-43(42)38-15-7-13-36(31-38)37-14-8-16-40(32-37)53(41-29-30-50-48(33-41)45-18-3-5-23-49(45)54-50)39-27-25-35(26-28-39)44-21-10-22-47-46-19-4-6-24-51(46)55-52(44)47/h1-33H. The summed E-state index contributed by atoms with van der Waals surface area (Å²) in [5, 5.41) is 7.35. The molecule has 55 heavy (non-hydrogen) atoms. The zero-order valence-electron chi connectivity index (χ0n) is 29.8. The van der Waals surface area contributed by atoms with E-state index < -0.39 is 0 Å². The molecule has 0 saturated heterocycles. The number of thiophene rings is 1. The highest BCUT2D eigenvalue weighted by Gasteiger charge is 2.18. The fourth-order valence-electron chi connectivity index (χ4n) is 8.23. The Morgan fingerprint density at radius 2 is 0.964 bits per heavy atom. The molecule has 0 radical (unpaired) electrons. The number of rotatable bonds is 6. The monoisotopic (exact) mass is 719 g/mol. The summed E-state index contributed by atoms with van der Waals surface area (Å²) in [4.78, 5) is 2.36. The Hall–Kier alpha value is -6.94. The highest BCUT2D eigenvalue weighted by atomic mass is 32.1. The Morgan fingerprint density at radius 1 is 0.345 bits per heavy atom. The predicted octanol–water partition coefficient (Wildman–Crippen LogP) is 15.6. The van der Waals surface area contributed by atoms with Gasteiger partial charge in [0.15, 0.2) is 0 Å². The summed E-state index contributed by atoms with van der Waals surface area (Å²) < 4.78 is 8.89. The summed E-state index contributed by atoms with van der Waals surface area (Å²) in [5.74, 6) is 0. The second-order valence-corrected chi connectivity index (χ2v) is 15.2. The van der Waals surface area contributed by atoms with Crippen molar-refractivity contribution < 1.29 is 4.42 Å². The summed E-state index contributed by atoms with van der Waals surface area (Å²) in [6.45, 7) is 0. The fourth-order valence-corrected chi connectivity index (χ4v) is 9.47. The molecule has 0 aliphatic rings. The van der Waals surface area contributed by atoms with Crippen LogP contribution in [0.2, 0.25) is 0 Å². The molecule has 9 aromatic carbocycles. The molecule has 2 nitrogen and oxygen atoms in total. The molecular formula is C52H33NOS. The molecule has 258 valence electrons. The van der Waals surface area contributed by atoms with Crippen molar-refractivity contribution in [2.75, 3.05) is 4.90 Å². The third-order valence-corrected chi connectivity index (χ3v) is 12.1. The van der Waals surface area contributed by atoms with Gasteiger partial charge < -0.3 is 9.32 Å². The van der Waals surface area contributed by atoms with Crippen LogP contribution in [0.4, 0.5) is 17.1 Å². The summed E-state index contributed by atoms with van der Waals surface area (Å²) in [6.07, 6.45) is 0. The van der Waals surface area contributed by atoms with Crippen LogP contribution in [0.1, 0.15) is 0 Å². The van der Waals surface area contributed by atoms with E-state index in [4.69, 9.17) is 4.42 Å². The van der Waals surface area contributed by atoms with Crippen LogP contribution in [0.15, 0.2) is 205 Å². The lowest BCUT2D eigenvalue weighted by molar-refractivity contribution is 0.669. The van der Waals surface area contributed by atoms with Gasteiger partial charge in [-0.25, -0.2) is 0 Å². The third-order valence-electron chi connectivity index (χ3n) is 10.9. The first-order valence-electron chi connectivity index (χ1n) is 18.7. The number of anilines is 3. The molecule has 11 aromatic rings. The van der Waals surface area contributed by atoms with Gasteiger partial charge in [-0.2, -0.15) is 0 Å². The number of para-hydroxylation sites is 1. The largest absolute Gasteiger partial charge is 0.456 e. The first kappa shape index (κ1) is 31.6. The minimum atomic E-state index is 0.885. The van der Waals surface area contributed by atoms with E-state index in [-0.39, 0.29) is 0 Å². The molecule has 3 heteroatoms. The van der Waals surface area contributed by atoms with Gasteiger partial charge in [0.2, 0.25) is 0 Å². The van der Waals surface area contributed by atoms with Crippen molar-refractivity contribution in [1.29, 1.82) is 0 Å². The second kappa shape index (κ2) is 12.9. The molecule has 2 aromatic heterocycles. The molecule has 0 aliphatic heterocycles. The summed E-state index contributed by atoms with van der Waals surface area (Å²) in [7, 11) is 0. The van der Waals surface area contributed by atoms with Crippen molar-refractivity contribution >= 4 is 81.3 Å². The van der Waals surface area contributed by atoms with Crippen LogP contribution < -0.4 is 4.90 Å². The fraction of sp³-hybridized carbons (Fsp3) is 0. The topological polar surface area (TPSA) is 16.4 Å². The van der Waals surface area contributed by atoms with Crippen molar-refractivity contribution in [2.45, 2.75) is 0 Å². The Kier molecular flexibility index (Phi) is 7.39. The first-order chi connectivity index (χ1) is 27.2. The van der Waals surface area contributed by atoms with Crippen LogP contribution in [-0.2, 0) is 0 Å². The molecule has 0 saturated carbocycles. The maximum atomic E-state index is 6.25. The number of furan rings is 1. The van der Waals surface area contributed by atoms with Crippen LogP contribution in [0, 0.1) is 0 Å². The van der Waals surface area contributed by atoms with E-state index in [1.165, 1.54) is 58.8 Å². The Bertz CT molecular complexity index is 3220. The molecule has 0 atom stereocenters. The maximum absolute atomic E-state index is 6.25. The van der Waals surface area contributed by atoms with E-state index in [1.807, 2.05) is 23.5 Å². The van der Waals surface area contributed by atoms with Gasteiger partial charge in [0, 0.05) is 48.0 Å². The molecule has 0 aliphatic carbocycles. The van der Waals surface area contributed by atoms with E-state index in [1.54, 1.807) is 0 Å².